The first-order valence-electron chi connectivity index (χ1n) is 9.54. The van der Waals surface area contributed by atoms with Crippen LogP contribution in [0.1, 0.15) is 11.1 Å². The number of anilines is 1. The van der Waals surface area contributed by atoms with Crippen LogP contribution in [0.2, 0.25) is 20.1 Å². The average Bonchev–Trinajstić information content (AvgIpc) is 2.80. The van der Waals surface area contributed by atoms with Crippen LogP contribution in [0.5, 0.6) is 11.5 Å². The molecular weight excluding hydrogens is 633 g/mol. The molecule has 5 nitrogen and oxygen atoms in total. The van der Waals surface area contributed by atoms with E-state index in [1.165, 1.54) is 19.3 Å². The lowest BCUT2D eigenvalue weighted by atomic mass is 10.1. The summed E-state index contributed by atoms with van der Waals surface area (Å²) in [5, 5.41) is 13.7. The number of nitrogens with one attached hydrogen (secondary N) is 1. The first kappa shape index (κ1) is 26.5. The van der Waals surface area contributed by atoms with E-state index in [4.69, 9.17) is 55.9 Å². The smallest absolute Gasteiger partial charge is 0.266 e. The van der Waals surface area contributed by atoms with E-state index in [-0.39, 0.29) is 17.2 Å². The third-order valence-corrected chi connectivity index (χ3v) is 6.75. The Morgan fingerprint density at radius 1 is 1.03 bits per heavy atom. The molecule has 174 valence electrons. The van der Waals surface area contributed by atoms with Gasteiger partial charge in [-0.05, 0) is 82.3 Å². The Morgan fingerprint density at radius 2 is 1.71 bits per heavy atom. The Balaban J connectivity index is 1.82. The summed E-state index contributed by atoms with van der Waals surface area (Å²) in [6.45, 7) is 0.244. The monoisotopic (exact) mass is 646 g/mol. The Morgan fingerprint density at radius 3 is 2.32 bits per heavy atom. The lowest BCUT2D eigenvalue weighted by molar-refractivity contribution is -0.112. The zero-order valence-corrected chi connectivity index (χ0v) is 22.6. The van der Waals surface area contributed by atoms with E-state index < -0.39 is 5.91 Å². The number of benzene rings is 3. The quantitative estimate of drug-likeness (QED) is 0.160. The molecule has 0 radical (unpaired) electrons. The number of nitriles is 1. The van der Waals surface area contributed by atoms with Crippen LogP contribution in [0, 0.1) is 14.9 Å². The number of halogens is 5. The average molecular weight is 648 g/mol. The number of carbonyl (C=O) groups excluding carboxylic acids is 1. The maximum Gasteiger partial charge on any atom is 0.266 e. The molecule has 0 spiro atoms. The molecule has 1 N–H and O–H groups in total. The fourth-order valence-corrected chi connectivity index (χ4v) is 4.24. The lowest BCUT2D eigenvalue weighted by Gasteiger charge is -2.14. The van der Waals surface area contributed by atoms with Gasteiger partial charge in [-0.15, -0.1) is 0 Å². The van der Waals surface area contributed by atoms with Gasteiger partial charge >= 0.3 is 0 Å². The van der Waals surface area contributed by atoms with Gasteiger partial charge in [0.05, 0.1) is 30.8 Å². The number of amides is 1. The number of methoxy groups -OCH3 is 1. The highest BCUT2D eigenvalue weighted by atomic mass is 127. The summed E-state index contributed by atoms with van der Waals surface area (Å²) < 4.78 is 12.2. The van der Waals surface area contributed by atoms with Crippen LogP contribution in [0.4, 0.5) is 5.69 Å². The number of carbonyl (C=O) groups is 1. The van der Waals surface area contributed by atoms with Crippen molar-refractivity contribution in [3.8, 4) is 17.6 Å². The van der Waals surface area contributed by atoms with Crippen LogP contribution < -0.4 is 14.8 Å². The number of nitrogens with zero attached hydrogens (tertiary/aromatic N) is 1. The fraction of sp³-hybridized carbons (Fsp3) is 0.0833. The standard InChI is InChI=1S/C24H15Cl4IN2O3/c1-33-22-9-14(6-15(11-30)24(32)31-16-3-5-18(26)20(28)10-16)8-21(29)23(22)34-12-13-2-4-17(25)19(27)7-13/h2-10H,12H2,1H3,(H,31,32)/b15-6+. The molecule has 0 aromatic heterocycles. The Bertz CT molecular complexity index is 1320. The van der Waals surface area contributed by atoms with Gasteiger partial charge in [0, 0.05) is 5.69 Å². The lowest BCUT2D eigenvalue weighted by Crippen LogP contribution is -2.13. The van der Waals surface area contributed by atoms with Crippen molar-refractivity contribution in [2.75, 3.05) is 12.4 Å². The van der Waals surface area contributed by atoms with E-state index in [0.717, 1.165) is 9.13 Å². The summed E-state index contributed by atoms with van der Waals surface area (Å²) in [6.07, 6.45) is 1.46. The predicted molar refractivity (Wildman–Crippen MR) is 145 cm³/mol. The molecule has 3 aromatic rings. The Kier molecular flexibility index (Phi) is 9.34. The van der Waals surface area contributed by atoms with E-state index in [1.807, 2.05) is 12.1 Å². The minimum absolute atomic E-state index is 0.103. The van der Waals surface area contributed by atoms with Gasteiger partial charge in [0.15, 0.2) is 11.5 Å². The molecule has 0 heterocycles. The van der Waals surface area contributed by atoms with Crippen LogP contribution in [0.25, 0.3) is 6.08 Å². The zero-order chi connectivity index (χ0) is 24.8. The highest BCUT2D eigenvalue weighted by Crippen LogP contribution is 2.35. The van der Waals surface area contributed by atoms with Crippen molar-refractivity contribution < 1.29 is 14.3 Å². The number of ether oxygens (including phenoxy) is 2. The van der Waals surface area contributed by atoms with Gasteiger partial charge in [0.25, 0.3) is 5.91 Å². The van der Waals surface area contributed by atoms with Gasteiger partial charge in [0.1, 0.15) is 18.2 Å². The maximum absolute atomic E-state index is 12.6. The summed E-state index contributed by atoms with van der Waals surface area (Å²) >= 11 is 26.0. The predicted octanol–water partition coefficient (Wildman–Crippen LogP) is 8.04. The molecule has 0 bridgehead atoms. The van der Waals surface area contributed by atoms with Gasteiger partial charge in [-0.3, -0.25) is 4.79 Å². The van der Waals surface area contributed by atoms with E-state index in [2.05, 4.69) is 27.9 Å². The van der Waals surface area contributed by atoms with E-state index in [9.17, 15) is 10.1 Å². The molecule has 34 heavy (non-hydrogen) atoms. The molecule has 0 aliphatic rings. The third-order valence-electron chi connectivity index (χ3n) is 4.47. The van der Waals surface area contributed by atoms with Gasteiger partial charge in [-0.2, -0.15) is 5.26 Å². The normalized spacial score (nSPS) is 11.0. The third kappa shape index (κ3) is 6.71. The molecule has 0 atom stereocenters. The Hall–Kier alpha value is -2.15. The minimum atomic E-state index is -0.588. The van der Waals surface area contributed by atoms with Crippen molar-refractivity contribution in [1.29, 1.82) is 5.26 Å². The van der Waals surface area contributed by atoms with Crippen molar-refractivity contribution in [1.82, 2.24) is 0 Å². The molecule has 3 aromatic carbocycles. The van der Waals surface area contributed by atoms with Crippen molar-refractivity contribution in [2.24, 2.45) is 0 Å². The highest BCUT2D eigenvalue weighted by Gasteiger charge is 2.15. The van der Waals surface area contributed by atoms with Crippen LogP contribution >= 0.6 is 69.0 Å². The molecule has 0 unspecified atom stereocenters. The Labute approximate surface area is 230 Å². The van der Waals surface area contributed by atoms with Gasteiger partial charge in [0.2, 0.25) is 0 Å². The fourth-order valence-electron chi connectivity index (χ4n) is 2.84. The molecule has 0 fully saturated rings. The molecule has 0 saturated carbocycles. The van der Waals surface area contributed by atoms with Crippen molar-refractivity contribution in [3.05, 3.63) is 88.9 Å². The first-order valence-corrected chi connectivity index (χ1v) is 12.1. The van der Waals surface area contributed by atoms with Gasteiger partial charge in [-0.25, -0.2) is 0 Å². The van der Waals surface area contributed by atoms with E-state index >= 15 is 0 Å². The van der Waals surface area contributed by atoms with Crippen molar-refractivity contribution >= 4 is 86.7 Å². The van der Waals surface area contributed by atoms with Crippen LogP contribution in [0.15, 0.2) is 54.1 Å². The zero-order valence-electron chi connectivity index (χ0n) is 17.5. The van der Waals surface area contributed by atoms with Crippen LogP contribution in [-0.4, -0.2) is 13.0 Å². The van der Waals surface area contributed by atoms with E-state index in [0.29, 0.717) is 37.8 Å². The first-order chi connectivity index (χ1) is 16.2. The van der Waals surface area contributed by atoms with Crippen LogP contribution in [-0.2, 0) is 11.4 Å². The second-order valence-electron chi connectivity index (χ2n) is 6.82. The van der Waals surface area contributed by atoms with Crippen molar-refractivity contribution in [3.63, 3.8) is 0 Å². The molecule has 1 amide bonds. The second-order valence-corrected chi connectivity index (χ2v) is 9.62. The summed E-state index contributed by atoms with van der Waals surface area (Å²) in [5.74, 6) is 0.375. The van der Waals surface area contributed by atoms with E-state index in [1.54, 1.807) is 36.4 Å². The highest BCUT2D eigenvalue weighted by molar-refractivity contribution is 14.1. The maximum atomic E-state index is 12.6. The largest absolute Gasteiger partial charge is 0.493 e. The van der Waals surface area contributed by atoms with Gasteiger partial charge < -0.3 is 14.8 Å². The summed E-state index contributed by atoms with van der Waals surface area (Å²) in [7, 11) is 1.51. The SMILES string of the molecule is COc1cc(/C=C(\C#N)C(=O)Nc2ccc(Cl)c(Cl)c2)cc(I)c1OCc1ccc(Cl)c(Cl)c1. The molecule has 0 aliphatic heterocycles. The van der Waals surface area contributed by atoms with Crippen LogP contribution in [0.3, 0.4) is 0 Å². The molecular formula is C24H15Cl4IN2O3. The second kappa shape index (κ2) is 12.0. The minimum Gasteiger partial charge on any atom is -0.493 e. The topological polar surface area (TPSA) is 71.3 Å². The number of hydrogen-bond acceptors (Lipinski definition) is 4. The van der Waals surface area contributed by atoms with Gasteiger partial charge in [-0.1, -0.05) is 52.5 Å². The van der Waals surface area contributed by atoms with Crippen molar-refractivity contribution in [2.45, 2.75) is 6.61 Å². The molecule has 0 saturated heterocycles. The molecule has 10 heteroatoms. The summed E-state index contributed by atoms with van der Waals surface area (Å²) in [5.41, 5.74) is 1.73. The molecule has 0 aliphatic carbocycles. The number of rotatable bonds is 7. The molecule has 3 rings (SSSR count). The summed E-state index contributed by atoms with van der Waals surface area (Å²) in [4.78, 5) is 12.6. The summed E-state index contributed by atoms with van der Waals surface area (Å²) in [6, 6.07) is 15.3. The number of hydrogen-bond donors (Lipinski definition) is 1.